The lowest BCUT2D eigenvalue weighted by Gasteiger charge is -2.19. The Bertz CT molecular complexity index is 568. The van der Waals surface area contributed by atoms with Crippen molar-refractivity contribution in [2.75, 3.05) is 6.54 Å². The summed E-state index contributed by atoms with van der Waals surface area (Å²) in [6.07, 6.45) is 4.31. The quantitative estimate of drug-likeness (QED) is 0.872. The molecule has 1 atom stereocenters. The van der Waals surface area contributed by atoms with Gasteiger partial charge in [-0.05, 0) is 43.0 Å². The fourth-order valence-electron chi connectivity index (χ4n) is 2.26. The van der Waals surface area contributed by atoms with Gasteiger partial charge in [-0.3, -0.25) is 4.79 Å². The maximum atomic E-state index is 12.0. The zero-order valence-electron chi connectivity index (χ0n) is 11.2. The van der Waals surface area contributed by atoms with E-state index in [4.69, 9.17) is 16.7 Å². The number of carbonyl (C=O) groups is 2. The monoisotopic (exact) mass is 293 g/mol. The van der Waals surface area contributed by atoms with Crippen molar-refractivity contribution < 1.29 is 14.7 Å². The van der Waals surface area contributed by atoms with E-state index in [0.717, 1.165) is 17.5 Å². The van der Waals surface area contributed by atoms with Crippen molar-refractivity contribution in [2.24, 2.45) is 0 Å². The molecule has 1 N–H and O–H groups in total. The number of aliphatic carboxylic acids is 1. The summed E-state index contributed by atoms with van der Waals surface area (Å²) >= 11 is 6.01. The van der Waals surface area contributed by atoms with Crippen molar-refractivity contribution >= 4 is 29.6 Å². The van der Waals surface area contributed by atoms with Crippen LogP contribution in [0.25, 0.3) is 6.08 Å². The maximum Gasteiger partial charge on any atom is 0.326 e. The summed E-state index contributed by atoms with van der Waals surface area (Å²) in [5, 5.41) is 9.69. The van der Waals surface area contributed by atoms with Gasteiger partial charge in [-0.2, -0.15) is 0 Å². The summed E-state index contributed by atoms with van der Waals surface area (Å²) in [5.74, 6) is -1.21. The van der Waals surface area contributed by atoms with E-state index in [-0.39, 0.29) is 5.91 Å². The maximum absolute atomic E-state index is 12.0. The third-order valence-corrected chi connectivity index (χ3v) is 3.84. The summed E-state index contributed by atoms with van der Waals surface area (Å²) < 4.78 is 0. The highest BCUT2D eigenvalue weighted by molar-refractivity contribution is 6.31. The van der Waals surface area contributed by atoms with Gasteiger partial charge in [0.05, 0.1) is 0 Å². The SMILES string of the molecule is Cc1ccc(/C=C/C(=O)N2CCCC2C(=O)O)cc1Cl. The molecule has 0 bridgehead atoms. The number of hydrogen-bond donors (Lipinski definition) is 1. The first-order valence-corrected chi connectivity index (χ1v) is 6.84. The first-order chi connectivity index (χ1) is 9.49. The summed E-state index contributed by atoms with van der Waals surface area (Å²) in [6, 6.07) is 4.82. The number of carboxylic acids is 1. The number of rotatable bonds is 3. The molecule has 0 saturated carbocycles. The highest BCUT2D eigenvalue weighted by atomic mass is 35.5. The Morgan fingerprint density at radius 3 is 2.85 bits per heavy atom. The summed E-state index contributed by atoms with van der Waals surface area (Å²) in [5.41, 5.74) is 1.79. The van der Waals surface area contributed by atoms with Crippen molar-refractivity contribution in [3.63, 3.8) is 0 Å². The number of likely N-dealkylation sites (tertiary alicyclic amines) is 1. The van der Waals surface area contributed by atoms with Gasteiger partial charge in [0.2, 0.25) is 5.91 Å². The Balaban J connectivity index is 2.08. The minimum Gasteiger partial charge on any atom is -0.480 e. The van der Waals surface area contributed by atoms with Gasteiger partial charge in [0, 0.05) is 17.6 Å². The summed E-state index contributed by atoms with van der Waals surface area (Å²) in [7, 11) is 0. The van der Waals surface area contributed by atoms with E-state index in [9.17, 15) is 9.59 Å². The van der Waals surface area contributed by atoms with Crippen molar-refractivity contribution in [1.82, 2.24) is 4.90 Å². The van der Waals surface area contributed by atoms with Crippen molar-refractivity contribution in [2.45, 2.75) is 25.8 Å². The number of carboxylic acid groups (broad SMARTS) is 1. The smallest absolute Gasteiger partial charge is 0.326 e. The van der Waals surface area contributed by atoms with Crippen LogP contribution in [0.4, 0.5) is 0 Å². The van der Waals surface area contributed by atoms with Gasteiger partial charge in [0.15, 0.2) is 0 Å². The molecule has 0 radical (unpaired) electrons. The predicted octanol–water partition coefficient (Wildman–Crippen LogP) is 2.74. The molecule has 1 heterocycles. The topological polar surface area (TPSA) is 57.6 Å². The van der Waals surface area contributed by atoms with Crippen LogP contribution in [-0.4, -0.2) is 34.5 Å². The molecule has 1 aromatic rings. The summed E-state index contributed by atoms with van der Waals surface area (Å²) in [4.78, 5) is 24.5. The first kappa shape index (κ1) is 14.6. The zero-order valence-corrected chi connectivity index (χ0v) is 11.9. The van der Waals surface area contributed by atoms with Crippen LogP contribution in [0.1, 0.15) is 24.0 Å². The van der Waals surface area contributed by atoms with Gasteiger partial charge in [-0.25, -0.2) is 4.79 Å². The highest BCUT2D eigenvalue weighted by Gasteiger charge is 2.32. The second-order valence-corrected chi connectivity index (χ2v) is 5.28. The Hall–Kier alpha value is -1.81. The van der Waals surface area contributed by atoms with E-state index in [2.05, 4.69) is 0 Å². The van der Waals surface area contributed by atoms with E-state index < -0.39 is 12.0 Å². The molecular weight excluding hydrogens is 278 g/mol. The van der Waals surface area contributed by atoms with Crippen LogP contribution in [0.3, 0.4) is 0 Å². The molecule has 1 aliphatic rings. The molecule has 20 heavy (non-hydrogen) atoms. The molecule has 1 saturated heterocycles. The van der Waals surface area contributed by atoms with E-state index in [1.165, 1.54) is 11.0 Å². The van der Waals surface area contributed by atoms with Gasteiger partial charge < -0.3 is 10.0 Å². The van der Waals surface area contributed by atoms with Crippen LogP contribution >= 0.6 is 11.6 Å². The second-order valence-electron chi connectivity index (χ2n) is 4.87. The van der Waals surface area contributed by atoms with Gasteiger partial charge in [-0.15, -0.1) is 0 Å². The Morgan fingerprint density at radius 1 is 1.45 bits per heavy atom. The number of amides is 1. The van der Waals surface area contributed by atoms with E-state index in [1.54, 1.807) is 12.1 Å². The van der Waals surface area contributed by atoms with E-state index in [0.29, 0.717) is 18.0 Å². The van der Waals surface area contributed by atoms with Gasteiger partial charge in [0.1, 0.15) is 6.04 Å². The third-order valence-electron chi connectivity index (χ3n) is 3.44. The van der Waals surface area contributed by atoms with Crippen LogP contribution in [-0.2, 0) is 9.59 Å². The largest absolute Gasteiger partial charge is 0.480 e. The van der Waals surface area contributed by atoms with Gasteiger partial charge in [0.25, 0.3) is 0 Å². The lowest BCUT2D eigenvalue weighted by molar-refractivity contribution is -0.146. The van der Waals surface area contributed by atoms with Crippen LogP contribution in [0.15, 0.2) is 24.3 Å². The lowest BCUT2D eigenvalue weighted by Crippen LogP contribution is -2.39. The van der Waals surface area contributed by atoms with Gasteiger partial charge in [-0.1, -0.05) is 23.7 Å². The molecule has 1 aromatic carbocycles. The average molecular weight is 294 g/mol. The molecule has 4 nitrogen and oxygen atoms in total. The Labute approximate surface area is 122 Å². The van der Waals surface area contributed by atoms with Gasteiger partial charge >= 0.3 is 5.97 Å². The van der Waals surface area contributed by atoms with Crippen LogP contribution in [0.2, 0.25) is 5.02 Å². The van der Waals surface area contributed by atoms with Crippen molar-refractivity contribution in [3.8, 4) is 0 Å². The average Bonchev–Trinajstić information content (AvgIpc) is 2.89. The van der Waals surface area contributed by atoms with E-state index in [1.807, 2.05) is 19.1 Å². The van der Waals surface area contributed by atoms with Crippen LogP contribution < -0.4 is 0 Å². The zero-order chi connectivity index (χ0) is 14.7. The molecule has 106 valence electrons. The Morgan fingerprint density at radius 2 is 2.20 bits per heavy atom. The molecule has 0 aromatic heterocycles. The standard InChI is InChI=1S/C15H16ClNO3/c1-10-4-5-11(9-12(10)16)6-7-14(18)17-8-2-3-13(17)15(19)20/h4-7,9,13H,2-3,8H2,1H3,(H,19,20)/b7-6+. The predicted molar refractivity (Wildman–Crippen MR) is 77.6 cm³/mol. The molecule has 0 spiro atoms. The minimum atomic E-state index is -0.942. The molecular formula is C15H16ClNO3. The second kappa shape index (κ2) is 6.09. The number of benzene rings is 1. The van der Waals surface area contributed by atoms with Crippen molar-refractivity contribution in [1.29, 1.82) is 0 Å². The number of carbonyl (C=O) groups excluding carboxylic acids is 1. The number of halogens is 1. The minimum absolute atomic E-state index is 0.272. The number of nitrogens with zero attached hydrogens (tertiary/aromatic N) is 1. The van der Waals surface area contributed by atoms with Crippen molar-refractivity contribution in [3.05, 3.63) is 40.4 Å². The highest BCUT2D eigenvalue weighted by Crippen LogP contribution is 2.20. The van der Waals surface area contributed by atoms with Crippen LogP contribution in [0, 0.1) is 6.92 Å². The molecule has 1 unspecified atom stereocenters. The number of hydrogen-bond acceptors (Lipinski definition) is 2. The molecule has 1 fully saturated rings. The molecule has 1 amide bonds. The van der Waals surface area contributed by atoms with Crippen LogP contribution in [0.5, 0.6) is 0 Å². The fourth-order valence-corrected chi connectivity index (χ4v) is 2.45. The summed E-state index contributed by atoms with van der Waals surface area (Å²) in [6.45, 7) is 2.40. The molecule has 1 aliphatic heterocycles. The molecule has 0 aliphatic carbocycles. The first-order valence-electron chi connectivity index (χ1n) is 6.46. The lowest BCUT2D eigenvalue weighted by atomic mass is 10.1. The Kier molecular flexibility index (Phi) is 4.45. The molecule has 5 heteroatoms. The normalized spacial score (nSPS) is 18.7. The third kappa shape index (κ3) is 3.20. The molecule has 2 rings (SSSR count). The fraction of sp³-hybridized carbons (Fsp3) is 0.333. The van der Waals surface area contributed by atoms with E-state index >= 15 is 0 Å². The number of aryl methyl sites for hydroxylation is 1.